The minimum Gasteiger partial charge on any atom is -0.494 e. The highest BCUT2D eigenvalue weighted by molar-refractivity contribution is 5.38. The van der Waals surface area contributed by atoms with Gasteiger partial charge in [-0.1, -0.05) is 13.0 Å². The first-order chi connectivity index (χ1) is 10.1. The summed E-state index contributed by atoms with van der Waals surface area (Å²) in [5.74, 6) is 1.92. The van der Waals surface area contributed by atoms with E-state index in [1.807, 2.05) is 7.05 Å². The number of likely N-dealkylation sites (tertiary alicyclic amines) is 1. The zero-order valence-corrected chi connectivity index (χ0v) is 14.0. The molecule has 0 saturated carbocycles. The fraction of sp³-hybridized carbons (Fsp3) is 0.667. The molecule has 0 bridgehead atoms. The zero-order chi connectivity index (χ0) is 15.2. The Kier molecular flexibility index (Phi) is 6.07. The summed E-state index contributed by atoms with van der Waals surface area (Å²) in [6.45, 7) is 10.8. The minimum absolute atomic E-state index is 0.376. The fourth-order valence-corrected chi connectivity index (χ4v) is 2.92. The Morgan fingerprint density at radius 3 is 2.67 bits per heavy atom. The van der Waals surface area contributed by atoms with Gasteiger partial charge in [0.2, 0.25) is 0 Å². The Balaban J connectivity index is 2.13. The number of hydrogen-bond donors (Lipinski definition) is 1. The monoisotopic (exact) mass is 290 g/mol. The summed E-state index contributed by atoms with van der Waals surface area (Å²) in [6.07, 6.45) is 2.63. The molecule has 3 nitrogen and oxygen atoms in total. The second-order valence-electron chi connectivity index (χ2n) is 6.27. The molecule has 1 atom stereocenters. The molecule has 1 N–H and O–H groups in total. The van der Waals surface area contributed by atoms with Crippen LogP contribution in [-0.2, 0) is 6.54 Å². The van der Waals surface area contributed by atoms with E-state index in [4.69, 9.17) is 4.74 Å². The molecule has 1 aliphatic rings. The summed E-state index contributed by atoms with van der Waals surface area (Å²) in [5, 5.41) is 3.31. The van der Waals surface area contributed by atoms with Crippen LogP contribution in [0, 0.1) is 5.92 Å². The van der Waals surface area contributed by atoms with Crippen molar-refractivity contribution in [1.82, 2.24) is 10.2 Å². The molecule has 118 valence electrons. The van der Waals surface area contributed by atoms with Crippen LogP contribution in [0.1, 0.15) is 50.8 Å². The normalized spacial score (nSPS) is 18.7. The topological polar surface area (TPSA) is 24.5 Å². The van der Waals surface area contributed by atoms with Gasteiger partial charge >= 0.3 is 0 Å². The average Bonchev–Trinajstić information content (AvgIpc) is 2.50. The Labute approximate surface area is 129 Å². The van der Waals surface area contributed by atoms with Gasteiger partial charge < -0.3 is 10.1 Å². The molecular weight excluding hydrogens is 260 g/mol. The third-order valence-corrected chi connectivity index (χ3v) is 4.59. The van der Waals surface area contributed by atoms with Crippen molar-refractivity contribution in [3.05, 3.63) is 29.3 Å². The summed E-state index contributed by atoms with van der Waals surface area (Å²) in [7, 11) is 2.01. The van der Waals surface area contributed by atoms with E-state index in [0.29, 0.717) is 6.04 Å². The van der Waals surface area contributed by atoms with Gasteiger partial charge in [0.15, 0.2) is 0 Å². The molecule has 1 unspecified atom stereocenters. The van der Waals surface area contributed by atoms with Crippen molar-refractivity contribution >= 4 is 0 Å². The van der Waals surface area contributed by atoms with E-state index in [0.717, 1.165) is 24.8 Å². The summed E-state index contributed by atoms with van der Waals surface area (Å²) >= 11 is 0. The van der Waals surface area contributed by atoms with Crippen LogP contribution >= 0.6 is 0 Å². The SMILES string of the molecule is CCOc1ccc(C(C)NC)cc1CN1CCC(C)CC1. The van der Waals surface area contributed by atoms with Crippen LogP contribution in [0.15, 0.2) is 18.2 Å². The molecule has 0 aromatic heterocycles. The highest BCUT2D eigenvalue weighted by Crippen LogP contribution is 2.26. The number of benzene rings is 1. The second-order valence-corrected chi connectivity index (χ2v) is 6.27. The Hall–Kier alpha value is -1.06. The predicted molar refractivity (Wildman–Crippen MR) is 88.8 cm³/mol. The molecule has 1 aromatic carbocycles. The van der Waals surface area contributed by atoms with E-state index in [-0.39, 0.29) is 0 Å². The van der Waals surface area contributed by atoms with Gasteiger partial charge in [0, 0.05) is 18.2 Å². The summed E-state index contributed by atoms with van der Waals surface area (Å²) < 4.78 is 5.82. The van der Waals surface area contributed by atoms with Crippen molar-refractivity contribution in [1.29, 1.82) is 0 Å². The smallest absolute Gasteiger partial charge is 0.123 e. The van der Waals surface area contributed by atoms with Crippen LogP contribution < -0.4 is 10.1 Å². The fourth-order valence-electron chi connectivity index (χ4n) is 2.92. The molecule has 0 amide bonds. The van der Waals surface area contributed by atoms with Gasteiger partial charge in [-0.25, -0.2) is 0 Å². The lowest BCUT2D eigenvalue weighted by molar-refractivity contribution is 0.182. The maximum absolute atomic E-state index is 5.82. The Morgan fingerprint density at radius 1 is 1.33 bits per heavy atom. The van der Waals surface area contributed by atoms with Crippen molar-refractivity contribution in [2.75, 3.05) is 26.7 Å². The highest BCUT2D eigenvalue weighted by atomic mass is 16.5. The maximum Gasteiger partial charge on any atom is 0.123 e. The molecule has 0 radical (unpaired) electrons. The van der Waals surface area contributed by atoms with E-state index < -0.39 is 0 Å². The van der Waals surface area contributed by atoms with Gasteiger partial charge in [0.1, 0.15) is 5.75 Å². The van der Waals surface area contributed by atoms with Crippen LogP contribution in [-0.4, -0.2) is 31.6 Å². The van der Waals surface area contributed by atoms with Crippen LogP contribution in [0.4, 0.5) is 0 Å². The van der Waals surface area contributed by atoms with Crippen molar-refractivity contribution < 1.29 is 4.74 Å². The number of rotatable bonds is 6. The van der Waals surface area contributed by atoms with Gasteiger partial charge in [0.25, 0.3) is 0 Å². The standard InChI is InChI=1S/C18H30N2O/c1-5-21-18-7-6-16(15(3)19-4)12-17(18)13-20-10-8-14(2)9-11-20/h6-7,12,14-15,19H,5,8-11,13H2,1-4H3. The zero-order valence-electron chi connectivity index (χ0n) is 14.0. The second kappa shape index (κ2) is 7.81. The molecule has 1 saturated heterocycles. The lowest BCUT2D eigenvalue weighted by Crippen LogP contribution is -2.32. The molecule has 1 aromatic rings. The Morgan fingerprint density at radius 2 is 2.05 bits per heavy atom. The first-order valence-electron chi connectivity index (χ1n) is 8.29. The van der Waals surface area contributed by atoms with Crippen molar-refractivity contribution in [3.8, 4) is 5.75 Å². The number of nitrogens with one attached hydrogen (secondary N) is 1. The van der Waals surface area contributed by atoms with Crippen LogP contribution in [0.5, 0.6) is 5.75 Å². The molecule has 3 heteroatoms. The maximum atomic E-state index is 5.82. The van der Waals surface area contributed by atoms with Gasteiger partial charge in [0.05, 0.1) is 6.61 Å². The predicted octanol–water partition coefficient (Wildman–Crippen LogP) is 3.60. The van der Waals surface area contributed by atoms with Crippen molar-refractivity contribution in [2.24, 2.45) is 5.92 Å². The Bertz CT molecular complexity index is 439. The number of hydrogen-bond acceptors (Lipinski definition) is 3. The summed E-state index contributed by atoms with van der Waals surface area (Å²) in [5.41, 5.74) is 2.66. The first kappa shape index (κ1) is 16.3. The van der Waals surface area contributed by atoms with Crippen LogP contribution in [0.25, 0.3) is 0 Å². The third-order valence-electron chi connectivity index (χ3n) is 4.59. The first-order valence-corrected chi connectivity index (χ1v) is 8.29. The molecule has 2 rings (SSSR count). The molecule has 0 spiro atoms. The van der Waals surface area contributed by atoms with E-state index in [9.17, 15) is 0 Å². The molecule has 0 aliphatic carbocycles. The van der Waals surface area contributed by atoms with E-state index in [2.05, 4.69) is 49.2 Å². The van der Waals surface area contributed by atoms with Crippen LogP contribution in [0.3, 0.4) is 0 Å². The number of piperidine rings is 1. The molecular formula is C18H30N2O. The van der Waals surface area contributed by atoms with Gasteiger partial charge in [-0.15, -0.1) is 0 Å². The largest absolute Gasteiger partial charge is 0.494 e. The quantitative estimate of drug-likeness (QED) is 0.866. The van der Waals surface area contributed by atoms with E-state index in [1.165, 1.54) is 37.1 Å². The molecule has 21 heavy (non-hydrogen) atoms. The number of nitrogens with zero attached hydrogens (tertiary/aromatic N) is 1. The molecule has 1 fully saturated rings. The number of ether oxygens (including phenoxy) is 1. The lowest BCUT2D eigenvalue weighted by Gasteiger charge is -2.31. The molecule has 1 aliphatic heterocycles. The van der Waals surface area contributed by atoms with Crippen molar-refractivity contribution in [3.63, 3.8) is 0 Å². The third kappa shape index (κ3) is 4.45. The van der Waals surface area contributed by atoms with Gasteiger partial charge in [-0.3, -0.25) is 4.90 Å². The van der Waals surface area contributed by atoms with Crippen molar-refractivity contribution in [2.45, 2.75) is 46.2 Å². The lowest BCUT2D eigenvalue weighted by atomic mass is 9.98. The highest BCUT2D eigenvalue weighted by Gasteiger charge is 2.18. The molecule has 1 heterocycles. The van der Waals surface area contributed by atoms with E-state index >= 15 is 0 Å². The van der Waals surface area contributed by atoms with Crippen LogP contribution in [0.2, 0.25) is 0 Å². The van der Waals surface area contributed by atoms with Gasteiger partial charge in [-0.2, -0.15) is 0 Å². The van der Waals surface area contributed by atoms with Gasteiger partial charge in [-0.05, 0) is 70.4 Å². The van der Waals surface area contributed by atoms with E-state index in [1.54, 1.807) is 0 Å². The summed E-state index contributed by atoms with van der Waals surface area (Å²) in [4.78, 5) is 2.56. The average molecular weight is 290 g/mol. The summed E-state index contributed by atoms with van der Waals surface area (Å²) in [6, 6.07) is 6.99. The minimum atomic E-state index is 0.376.